The molecule has 2 rings (SSSR count). The van der Waals surface area contributed by atoms with E-state index >= 15 is 0 Å². The second-order valence-electron chi connectivity index (χ2n) is 5.33. The van der Waals surface area contributed by atoms with E-state index in [9.17, 15) is 19.5 Å². The molecule has 0 radical (unpaired) electrons. The fraction of sp³-hybridized carbons (Fsp3) is 0.294. The molecule has 0 saturated carbocycles. The van der Waals surface area contributed by atoms with Crippen LogP contribution in [0.15, 0.2) is 47.3 Å². The maximum Gasteiger partial charge on any atom is 0.326 e. The van der Waals surface area contributed by atoms with Gasteiger partial charge in [0.25, 0.3) is 11.5 Å². The molecule has 1 aromatic carbocycles. The van der Waals surface area contributed by atoms with Crippen LogP contribution in [0.25, 0.3) is 0 Å². The van der Waals surface area contributed by atoms with Crippen LogP contribution in [0.3, 0.4) is 0 Å². The van der Waals surface area contributed by atoms with E-state index in [2.05, 4.69) is 10.4 Å². The maximum atomic E-state index is 12.3. The third-order valence-corrected chi connectivity index (χ3v) is 3.49. The molecule has 8 heteroatoms. The summed E-state index contributed by atoms with van der Waals surface area (Å²) in [6.07, 6.45) is 0.144. The Balaban J connectivity index is 2.13. The Bertz CT molecular complexity index is 788. The minimum Gasteiger partial charge on any atom is -0.480 e. The van der Waals surface area contributed by atoms with E-state index in [1.165, 1.54) is 19.2 Å². The first-order valence-electron chi connectivity index (χ1n) is 7.66. The minimum atomic E-state index is -1.15. The quantitative estimate of drug-likeness (QED) is 0.713. The second kappa shape index (κ2) is 8.74. The molecule has 2 aromatic rings. The number of ether oxygens (including phenoxy) is 1. The van der Waals surface area contributed by atoms with Crippen molar-refractivity contribution in [1.82, 2.24) is 15.1 Å². The molecular weight excluding hydrogens is 326 g/mol. The van der Waals surface area contributed by atoms with Gasteiger partial charge in [0.15, 0.2) is 0 Å². The molecule has 0 fully saturated rings. The zero-order valence-corrected chi connectivity index (χ0v) is 13.7. The number of aliphatic carboxylic acids is 1. The predicted octanol–water partition coefficient (Wildman–Crippen LogP) is 0.315. The van der Waals surface area contributed by atoms with Crippen molar-refractivity contribution in [3.63, 3.8) is 0 Å². The molecule has 1 aromatic heterocycles. The zero-order valence-electron chi connectivity index (χ0n) is 13.7. The van der Waals surface area contributed by atoms with E-state index in [0.29, 0.717) is 0 Å². The summed E-state index contributed by atoms with van der Waals surface area (Å²) in [5, 5.41) is 15.7. The number of carbonyl (C=O) groups is 2. The van der Waals surface area contributed by atoms with E-state index < -0.39 is 17.9 Å². The number of benzene rings is 1. The fourth-order valence-electron chi connectivity index (χ4n) is 2.19. The average Bonchev–Trinajstić information content (AvgIpc) is 2.61. The predicted molar refractivity (Wildman–Crippen MR) is 89.4 cm³/mol. The molecule has 0 spiro atoms. The minimum absolute atomic E-state index is 0.0324. The number of carbonyl (C=O) groups excluding carboxylic acids is 1. The van der Waals surface area contributed by atoms with Crippen molar-refractivity contribution in [2.75, 3.05) is 13.7 Å². The highest BCUT2D eigenvalue weighted by Gasteiger charge is 2.22. The molecule has 2 N–H and O–H groups in total. The van der Waals surface area contributed by atoms with Crippen LogP contribution in [-0.4, -0.2) is 46.5 Å². The van der Waals surface area contributed by atoms with Crippen molar-refractivity contribution in [2.45, 2.75) is 19.0 Å². The van der Waals surface area contributed by atoms with Crippen molar-refractivity contribution in [3.8, 4) is 0 Å². The van der Waals surface area contributed by atoms with E-state index in [1.54, 1.807) is 24.3 Å². The standard InChI is InChI=1S/C17H19N3O5/c1-25-10-9-20-15(21)8-7-13(19-20)16(22)18-14(17(23)24)11-12-5-3-2-4-6-12/h2-8,14H,9-11H2,1H3,(H,18,22)(H,23,24)/t14-/m0/s1. The zero-order chi connectivity index (χ0) is 18.2. The fourth-order valence-corrected chi connectivity index (χ4v) is 2.19. The molecule has 8 nitrogen and oxygen atoms in total. The van der Waals surface area contributed by atoms with Gasteiger partial charge < -0.3 is 15.2 Å². The topological polar surface area (TPSA) is 111 Å². The number of hydrogen-bond donors (Lipinski definition) is 2. The van der Waals surface area contributed by atoms with Crippen LogP contribution >= 0.6 is 0 Å². The Morgan fingerprint density at radius 3 is 2.60 bits per heavy atom. The molecular formula is C17H19N3O5. The normalized spacial score (nSPS) is 11.7. The molecule has 0 aliphatic heterocycles. The largest absolute Gasteiger partial charge is 0.480 e. The first-order chi connectivity index (χ1) is 12.0. The first kappa shape index (κ1) is 18.3. The Morgan fingerprint density at radius 2 is 1.96 bits per heavy atom. The van der Waals surface area contributed by atoms with Gasteiger partial charge in [-0.3, -0.25) is 9.59 Å². The monoisotopic (exact) mass is 345 g/mol. The number of nitrogens with zero attached hydrogens (tertiary/aromatic N) is 2. The van der Waals surface area contributed by atoms with Crippen LogP contribution in [0, 0.1) is 0 Å². The molecule has 0 saturated heterocycles. The van der Waals surface area contributed by atoms with Crippen LogP contribution in [0.2, 0.25) is 0 Å². The molecule has 0 unspecified atom stereocenters. The number of rotatable bonds is 8. The summed E-state index contributed by atoms with van der Waals surface area (Å²) in [4.78, 5) is 35.4. The molecule has 25 heavy (non-hydrogen) atoms. The number of amides is 1. The number of nitrogens with one attached hydrogen (secondary N) is 1. The third kappa shape index (κ3) is 5.25. The maximum absolute atomic E-state index is 12.3. The summed E-state index contributed by atoms with van der Waals surface area (Å²) < 4.78 is 5.99. The number of aromatic nitrogens is 2. The molecule has 0 aliphatic carbocycles. The van der Waals surface area contributed by atoms with Crippen LogP contribution < -0.4 is 10.9 Å². The molecule has 0 bridgehead atoms. The van der Waals surface area contributed by atoms with E-state index in [1.807, 2.05) is 6.07 Å². The highest BCUT2D eigenvalue weighted by atomic mass is 16.5. The second-order valence-corrected chi connectivity index (χ2v) is 5.33. The summed E-state index contributed by atoms with van der Waals surface area (Å²) >= 11 is 0. The number of methoxy groups -OCH3 is 1. The summed E-state index contributed by atoms with van der Waals surface area (Å²) in [5.74, 6) is -1.81. The van der Waals surface area contributed by atoms with Crippen LogP contribution in [0.4, 0.5) is 0 Å². The highest BCUT2D eigenvalue weighted by molar-refractivity contribution is 5.94. The third-order valence-electron chi connectivity index (χ3n) is 3.49. The number of hydrogen-bond acceptors (Lipinski definition) is 5. The van der Waals surface area contributed by atoms with Gasteiger partial charge in [-0.1, -0.05) is 30.3 Å². The van der Waals surface area contributed by atoms with Crippen LogP contribution in [0.1, 0.15) is 16.1 Å². The van der Waals surface area contributed by atoms with Crippen LogP contribution in [-0.2, 0) is 22.5 Å². The van der Waals surface area contributed by atoms with Gasteiger partial charge in [0.1, 0.15) is 11.7 Å². The van der Waals surface area contributed by atoms with Crippen molar-refractivity contribution in [1.29, 1.82) is 0 Å². The Labute approximate surface area is 144 Å². The van der Waals surface area contributed by atoms with Gasteiger partial charge in [-0.05, 0) is 11.6 Å². The highest BCUT2D eigenvalue weighted by Crippen LogP contribution is 2.04. The molecule has 0 aliphatic rings. The Hall–Kier alpha value is -3.00. The Kier molecular flexibility index (Phi) is 6.41. The lowest BCUT2D eigenvalue weighted by Gasteiger charge is -2.14. The SMILES string of the molecule is COCCn1nc(C(=O)N[C@@H](Cc2ccccc2)C(=O)O)ccc1=O. The average molecular weight is 345 g/mol. The van der Waals surface area contributed by atoms with Crippen molar-refractivity contribution in [3.05, 3.63) is 64.1 Å². The number of carboxylic acids is 1. The summed E-state index contributed by atoms with van der Waals surface area (Å²) in [6.45, 7) is 0.465. The van der Waals surface area contributed by atoms with E-state index in [-0.39, 0.29) is 30.8 Å². The molecule has 1 amide bonds. The van der Waals surface area contributed by atoms with Crippen molar-refractivity contribution in [2.24, 2.45) is 0 Å². The van der Waals surface area contributed by atoms with Gasteiger partial charge in [0.2, 0.25) is 0 Å². The van der Waals surface area contributed by atoms with Gasteiger partial charge >= 0.3 is 5.97 Å². The van der Waals surface area contributed by atoms with Gasteiger partial charge in [-0.15, -0.1) is 0 Å². The lowest BCUT2D eigenvalue weighted by molar-refractivity contribution is -0.139. The van der Waals surface area contributed by atoms with Gasteiger partial charge in [-0.25, -0.2) is 9.48 Å². The number of carboxylic acid groups (broad SMARTS) is 1. The van der Waals surface area contributed by atoms with Gasteiger partial charge in [-0.2, -0.15) is 5.10 Å². The summed E-state index contributed by atoms with van der Waals surface area (Å²) in [5.41, 5.74) is 0.385. The van der Waals surface area contributed by atoms with E-state index in [4.69, 9.17) is 4.74 Å². The van der Waals surface area contributed by atoms with Crippen LogP contribution in [0.5, 0.6) is 0 Å². The smallest absolute Gasteiger partial charge is 0.326 e. The summed E-state index contributed by atoms with van der Waals surface area (Å²) in [6, 6.07) is 10.4. The molecule has 1 atom stereocenters. The summed E-state index contributed by atoms with van der Waals surface area (Å²) in [7, 11) is 1.49. The van der Waals surface area contributed by atoms with Crippen molar-refractivity contribution < 1.29 is 19.4 Å². The van der Waals surface area contributed by atoms with Crippen molar-refractivity contribution >= 4 is 11.9 Å². The lowest BCUT2D eigenvalue weighted by atomic mass is 10.1. The first-order valence-corrected chi connectivity index (χ1v) is 7.66. The Morgan fingerprint density at radius 1 is 1.24 bits per heavy atom. The van der Waals surface area contributed by atoms with Gasteiger partial charge in [0, 0.05) is 19.6 Å². The molecule has 1 heterocycles. The molecule has 132 valence electrons. The lowest BCUT2D eigenvalue weighted by Crippen LogP contribution is -2.43. The van der Waals surface area contributed by atoms with E-state index in [0.717, 1.165) is 10.2 Å². The van der Waals surface area contributed by atoms with Gasteiger partial charge in [0.05, 0.1) is 13.2 Å².